The molecule has 0 bridgehead atoms. The summed E-state index contributed by atoms with van der Waals surface area (Å²) >= 11 is 6.62. The van der Waals surface area contributed by atoms with Crippen molar-refractivity contribution >= 4 is 17.3 Å². The first-order valence-corrected chi connectivity index (χ1v) is 16.8. The molecule has 1 aromatic heterocycles. The van der Waals surface area contributed by atoms with Crippen molar-refractivity contribution in [2.75, 3.05) is 26.7 Å². The molecular formula is C41H40ClN3O3. The maximum absolute atomic E-state index is 7.23. The molecule has 0 aliphatic carbocycles. The Kier molecular flexibility index (Phi) is 10.6. The van der Waals surface area contributed by atoms with Crippen LogP contribution in [0, 0.1) is 20.4 Å². The number of likely N-dealkylation sites (tertiary alicyclic amines) is 1. The normalized spacial score (nSPS) is 12.9. The van der Waals surface area contributed by atoms with E-state index in [1.807, 2.05) is 0 Å². The Bertz CT molecular complexity index is 1930. The first-order valence-electron chi connectivity index (χ1n) is 16.4. The molecule has 4 aromatic carbocycles. The van der Waals surface area contributed by atoms with Gasteiger partial charge in [-0.25, -0.2) is 4.85 Å². The number of benzene rings is 4. The van der Waals surface area contributed by atoms with Gasteiger partial charge in [-0.15, -0.1) is 0 Å². The van der Waals surface area contributed by atoms with Gasteiger partial charge in [0.2, 0.25) is 5.69 Å². The lowest BCUT2D eigenvalue weighted by molar-refractivity contribution is 0.274. The van der Waals surface area contributed by atoms with Crippen LogP contribution < -0.4 is 14.2 Å². The van der Waals surface area contributed by atoms with Crippen molar-refractivity contribution in [3.63, 3.8) is 0 Å². The summed E-state index contributed by atoms with van der Waals surface area (Å²) in [4.78, 5) is 10.1. The van der Waals surface area contributed by atoms with Gasteiger partial charge in [0.15, 0.2) is 11.5 Å². The van der Waals surface area contributed by atoms with E-state index in [0.29, 0.717) is 34.6 Å². The number of aromatic nitrogens is 1. The third-order valence-corrected chi connectivity index (χ3v) is 9.45. The maximum atomic E-state index is 7.23. The van der Waals surface area contributed by atoms with Crippen molar-refractivity contribution in [3.05, 3.63) is 136 Å². The van der Waals surface area contributed by atoms with Crippen molar-refractivity contribution in [3.8, 4) is 39.5 Å². The third kappa shape index (κ3) is 7.65. The number of halogens is 1. The molecule has 0 N–H and O–H groups in total. The zero-order valence-corrected chi connectivity index (χ0v) is 28.5. The Labute approximate surface area is 288 Å². The van der Waals surface area contributed by atoms with Crippen LogP contribution in [0.1, 0.15) is 40.7 Å². The molecule has 1 aliphatic heterocycles. The van der Waals surface area contributed by atoms with Gasteiger partial charge in [0.05, 0.1) is 18.7 Å². The second kappa shape index (κ2) is 15.4. The predicted octanol–water partition coefficient (Wildman–Crippen LogP) is 10.0. The second-order valence-corrected chi connectivity index (χ2v) is 12.6. The van der Waals surface area contributed by atoms with Crippen molar-refractivity contribution in [1.82, 2.24) is 9.88 Å². The summed E-state index contributed by atoms with van der Waals surface area (Å²) in [5.74, 6) is 1.47. The number of hydrogen-bond donors (Lipinski definition) is 0. The minimum Gasteiger partial charge on any atom is -0.493 e. The Morgan fingerprint density at radius 1 is 0.771 bits per heavy atom. The lowest BCUT2D eigenvalue weighted by Gasteiger charge is -2.18. The molecule has 1 saturated heterocycles. The molecule has 0 atom stereocenters. The minimum atomic E-state index is 0.218. The Morgan fingerprint density at radius 3 is 2.23 bits per heavy atom. The van der Waals surface area contributed by atoms with Crippen molar-refractivity contribution in [2.45, 2.75) is 46.3 Å². The second-order valence-electron chi connectivity index (χ2n) is 12.2. The zero-order valence-electron chi connectivity index (χ0n) is 27.8. The smallest absolute Gasteiger partial charge is 0.205 e. The number of rotatable bonds is 12. The van der Waals surface area contributed by atoms with E-state index in [4.69, 9.17) is 32.4 Å². The van der Waals surface area contributed by atoms with E-state index < -0.39 is 0 Å². The number of methoxy groups -OCH3 is 1. The van der Waals surface area contributed by atoms with Crippen LogP contribution in [0.25, 0.3) is 27.1 Å². The molecule has 2 heterocycles. The molecule has 0 unspecified atom stereocenters. The largest absolute Gasteiger partial charge is 0.493 e. The summed E-state index contributed by atoms with van der Waals surface area (Å²) in [6.45, 7) is 15.8. The first-order chi connectivity index (χ1) is 23.4. The third-order valence-electron chi connectivity index (χ3n) is 9.16. The van der Waals surface area contributed by atoms with E-state index in [-0.39, 0.29) is 6.61 Å². The highest BCUT2D eigenvalue weighted by molar-refractivity contribution is 6.32. The molecule has 0 saturated carbocycles. The molecule has 0 radical (unpaired) electrons. The molecule has 0 spiro atoms. The van der Waals surface area contributed by atoms with Crippen LogP contribution >= 0.6 is 11.6 Å². The van der Waals surface area contributed by atoms with Gasteiger partial charge in [-0.2, -0.15) is 0 Å². The first kappa shape index (κ1) is 33.1. The molecule has 1 fully saturated rings. The van der Waals surface area contributed by atoms with Crippen LogP contribution in [-0.2, 0) is 19.6 Å². The average Bonchev–Trinajstić information content (AvgIpc) is 3.64. The van der Waals surface area contributed by atoms with Crippen molar-refractivity contribution in [1.29, 1.82) is 0 Å². The van der Waals surface area contributed by atoms with Crippen LogP contribution in [0.15, 0.2) is 91.3 Å². The predicted molar refractivity (Wildman–Crippen MR) is 193 cm³/mol. The van der Waals surface area contributed by atoms with Crippen LogP contribution in [0.2, 0.25) is 5.02 Å². The standard InChI is InChI=1S/C41H40ClN3O3/c1-28-33(27-48-39-23-41(40(46-4)22-38(39)42)47-26-31-21-34(43-3)25-44-24-31)9-7-11-36(28)37-12-8-10-35(29(37)2)32-15-13-30(14-16-32)17-20-45-18-5-6-19-45/h7-16,21-25H,5-6,17-20,26-27H2,1-2,4H3. The molecule has 6 nitrogen and oxygen atoms in total. The quantitative estimate of drug-likeness (QED) is 0.125. The van der Waals surface area contributed by atoms with Crippen LogP contribution in [0.3, 0.4) is 0 Å². The van der Waals surface area contributed by atoms with Crippen molar-refractivity contribution < 1.29 is 14.2 Å². The van der Waals surface area contributed by atoms with E-state index in [9.17, 15) is 0 Å². The summed E-state index contributed by atoms with van der Waals surface area (Å²) in [6.07, 6.45) is 6.96. The Balaban J connectivity index is 1.17. The summed E-state index contributed by atoms with van der Waals surface area (Å²) in [5, 5.41) is 0.426. The summed E-state index contributed by atoms with van der Waals surface area (Å²) in [5.41, 5.74) is 11.0. The average molecular weight is 658 g/mol. The van der Waals surface area contributed by atoms with E-state index in [1.54, 1.807) is 31.5 Å². The van der Waals surface area contributed by atoms with Gasteiger partial charge in [-0.3, -0.25) is 4.98 Å². The van der Waals surface area contributed by atoms with Crippen LogP contribution in [0.4, 0.5) is 5.69 Å². The highest BCUT2D eigenvalue weighted by atomic mass is 35.5. The van der Waals surface area contributed by atoms with Gasteiger partial charge in [0, 0.05) is 31.1 Å². The number of pyridine rings is 1. The van der Waals surface area contributed by atoms with Crippen LogP contribution in [-0.4, -0.2) is 36.6 Å². The van der Waals surface area contributed by atoms with E-state index >= 15 is 0 Å². The van der Waals surface area contributed by atoms with E-state index in [0.717, 1.165) is 29.7 Å². The topological polar surface area (TPSA) is 48.2 Å². The fourth-order valence-electron chi connectivity index (χ4n) is 6.35. The number of hydrogen-bond acceptors (Lipinski definition) is 5. The molecule has 48 heavy (non-hydrogen) atoms. The fraction of sp³-hybridized carbons (Fsp3) is 0.268. The highest BCUT2D eigenvalue weighted by Crippen LogP contribution is 2.39. The minimum absolute atomic E-state index is 0.218. The SMILES string of the molecule is [C-]#[N+]c1cncc(COc2cc(OCc3cccc(-c4cccc(-c5ccc(CCN6CCCC6)cc5)c4C)c3C)c(Cl)cc2OC)c1. The fourth-order valence-corrected chi connectivity index (χ4v) is 6.55. The molecule has 6 rings (SSSR count). The molecular weight excluding hydrogens is 618 g/mol. The number of ether oxygens (including phenoxy) is 3. The molecule has 0 amide bonds. The van der Waals surface area contributed by atoms with Gasteiger partial charge in [0.1, 0.15) is 19.0 Å². The van der Waals surface area contributed by atoms with Gasteiger partial charge in [0.25, 0.3) is 0 Å². The Morgan fingerprint density at radius 2 is 1.48 bits per heavy atom. The maximum Gasteiger partial charge on any atom is 0.205 e. The van der Waals surface area contributed by atoms with Gasteiger partial charge < -0.3 is 19.1 Å². The van der Waals surface area contributed by atoms with Gasteiger partial charge in [-0.05, 0) is 102 Å². The summed E-state index contributed by atoms with van der Waals surface area (Å²) < 4.78 is 17.9. The molecule has 5 aromatic rings. The van der Waals surface area contributed by atoms with E-state index in [2.05, 4.69) is 89.2 Å². The lowest BCUT2D eigenvalue weighted by Crippen LogP contribution is -2.21. The van der Waals surface area contributed by atoms with E-state index in [1.165, 1.54) is 65.5 Å². The van der Waals surface area contributed by atoms with Crippen LogP contribution in [0.5, 0.6) is 17.2 Å². The molecule has 244 valence electrons. The summed E-state index contributed by atoms with van der Waals surface area (Å²) in [6, 6.07) is 27.2. The highest BCUT2D eigenvalue weighted by Gasteiger charge is 2.16. The molecule has 1 aliphatic rings. The van der Waals surface area contributed by atoms with Gasteiger partial charge in [-0.1, -0.05) is 72.3 Å². The van der Waals surface area contributed by atoms with Crippen molar-refractivity contribution in [2.24, 2.45) is 0 Å². The molecule has 7 heteroatoms. The number of nitrogens with zero attached hydrogens (tertiary/aromatic N) is 3. The monoisotopic (exact) mass is 657 g/mol. The Hall–Kier alpha value is -4.83. The zero-order chi connectivity index (χ0) is 33.5. The summed E-state index contributed by atoms with van der Waals surface area (Å²) in [7, 11) is 1.57. The van der Waals surface area contributed by atoms with Gasteiger partial charge >= 0.3 is 0 Å². The lowest BCUT2D eigenvalue weighted by atomic mass is 9.89.